The summed E-state index contributed by atoms with van der Waals surface area (Å²) in [7, 11) is 0. The first kappa shape index (κ1) is 13.0. The van der Waals surface area contributed by atoms with Crippen molar-refractivity contribution < 1.29 is 4.74 Å². The molecule has 3 rings (SSSR count). The fourth-order valence-corrected chi connectivity index (χ4v) is 2.97. The molecule has 2 atom stereocenters. The lowest BCUT2D eigenvalue weighted by Gasteiger charge is -2.11. The molecule has 0 spiro atoms. The lowest BCUT2D eigenvalue weighted by Crippen LogP contribution is -2.05. The molecule has 0 N–H and O–H groups in total. The highest BCUT2D eigenvalue weighted by molar-refractivity contribution is 9.10. The first-order valence-electron chi connectivity index (χ1n) is 6.32. The molecule has 0 saturated carbocycles. The highest BCUT2D eigenvalue weighted by atomic mass is 79.9. The van der Waals surface area contributed by atoms with E-state index in [4.69, 9.17) is 16.3 Å². The normalized spacial score (nSPS) is 18.8. The molecule has 0 amide bonds. The number of rotatable bonds is 2. The van der Waals surface area contributed by atoms with Crippen LogP contribution in [0, 0.1) is 0 Å². The predicted octanol–water partition coefficient (Wildman–Crippen LogP) is 5.10. The first-order chi connectivity index (χ1) is 9.13. The number of halogens is 2. The predicted molar refractivity (Wildman–Crippen MR) is 82.1 cm³/mol. The molecule has 2 aromatic carbocycles. The standard InChI is InChI=1S/C16H14BrClO/c1-10-8-13-9-12(4-7-15(13)19-10)16(18)11-2-5-14(17)6-3-11/h2-7,9-10,16H,8H2,1H3. The van der Waals surface area contributed by atoms with Gasteiger partial charge in [-0.05, 0) is 41.8 Å². The van der Waals surface area contributed by atoms with Gasteiger partial charge < -0.3 is 4.74 Å². The average Bonchev–Trinajstić information content (AvgIpc) is 2.77. The fourth-order valence-electron chi connectivity index (χ4n) is 2.42. The van der Waals surface area contributed by atoms with E-state index in [1.807, 2.05) is 30.3 Å². The smallest absolute Gasteiger partial charge is 0.123 e. The second-order valence-corrected chi connectivity index (χ2v) is 6.27. The molecule has 0 aromatic heterocycles. The number of ether oxygens (including phenoxy) is 1. The summed E-state index contributed by atoms with van der Waals surface area (Å²) in [5, 5.41) is -0.116. The van der Waals surface area contributed by atoms with Crippen LogP contribution >= 0.6 is 27.5 Å². The van der Waals surface area contributed by atoms with Gasteiger partial charge in [0.15, 0.2) is 0 Å². The molecule has 1 heterocycles. The lowest BCUT2D eigenvalue weighted by molar-refractivity contribution is 0.254. The van der Waals surface area contributed by atoms with Crippen LogP contribution in [0.25, 0.3) is 0 Å². The molecule has 0 fully saturated rings. The Morgan fingerprint density at radius 3 is 2.58 bits per heavy atom. The second kappa shape index (κ2) is 5.18. The minimum Gasteiger partial charge on any atom is -0.490 e. The Labute approximate surface area is 126 Å². The van der Waals surface area contributed by atoms with Crippen LogP contribution in [0.5, 0.6) is 5.75 Å². The molecule has 3 heteroatoms. The van der Waals surface area contributed by atoms with E-state index in [0.29, 0.717) is 0 Å². The molecule has 1 nitrogen and oxygen atoms in total. The maximum atomic E-state index is 6.57. The van der Waals surface area contributed by atoms with Gasteiger partial charge in [0.25, 0.3) is 0 Å². The Kier molecular flexibility index (Phi) is 3.55. The summed E-state index contributed by atoms with van der Waals surface area (Å²) in [5.41, 5.74) is 3.49. The van der Waals surface area contributed by atoms with Gasteiger partial charge >= 0.3 is 0 Å². The van der Waals surface area contributed by atoms with Crippen molar-refractivity contribution in [3.63, 3.8) is 0 Å². The minimum absolute atomic E-state index is 0.116. The van der Waals surface area contributed by atoms with Crippen LogP contribution in [-0.4, -0.2) is 6.10 Å². The van der Waals surface area contributed by atoms with Crippen molar-refractivity contribution in [1.82, 2.24) is 0 Å². The van der Waals surface area contributed by atoms with Crippen LogP contribution in [0.3, 0.4) is 0 Å². The Morgan fingerprint density at radius 1 is 1.16 bits per heavy atom. The van der Waals surface area contributed by atoms with E-state index in [0.717, 1.165) is 27.8 Å². The number of fused-ring (bicyclic) bond motifs is 1. The number of hydrogen-bond acceptors (Lipinski definition) is 1. The van der Waals surface area contributed by atoms with E-state index in [9.17, 15) is 0 Å². The van der Waals surface area contributed by atoms with E-state index in [1.54, 1.807) is 0 Å². The summed E-state index contributed by atoms with van der Waals surface area (Å²) >= 11 is 10.0. The minimum atomic E-state index is -0.116. The maximum Gasteiger partial charge on any atom is 0.123 e. The Bertz CT molecular complexity index is 594. The van der Waals surface area contributed by atoms with Gasteiger partial charge in [-0.1, -0.05) is 40.2 Å². The van der Waals surface area contributed by atoms with Crippen molar-refractivity contribution in [3.05, 3.63) is 63.6 Å². The summed E-state index contributed by atoms with van der Waals surface area (Å²) in [6.07, 6.45) is 1.24. The third-order valence-electron chi connectivity index (χ3n) is 3.38. The summed E-state index contributed by atoms with van der Waals surface area (Å²) in [4.78, 5) is 0. The summed E-state index contributed by atoms with van der Waals surface area (Å²) in [6, 6.07) is 14.4. The van der Waals surface area contributed by atoms with Crippen LogP contribution in [0.1, 0.15) is 29.0 Å². The molecule has 0 saturated heterocycles. The number of hydrogen-bond donors (Lipinski definition) is 0. The van der Waals surface area contributed by atoms with E-state index >= 15 is 0 Å². The van der Waals surface area contributed by atoms with Crippen molar-refractivity contribution in [2.24, 2.45) is 0 Å². The molecule has 0 radical (unpaired) electrons. The molecule has 0 aliphatic carbocycles. The molecule has 19 heavy (non-hydrogen) atoms. The number of alkyl halides is 1. The van der Waals surface area contributed by atoms with Crippen molar-refractivity contribution in [2.75, 3.05) is 0 Å². The van der Waals surface area contributed by atoms with Gasteiger partial charge in [-0.25, -0.2) is 0 Å². The summed E-state index contributed by atoms with van der Waals surface area (Å²) in [5.74, 6) is 0.996. The van der Waals surface area contributed by atoms with Gasteiger partial charge in [0.2, 0.25) is 0 Å². The molecular formula is C16H14BrClO. The first-order valence-corrected chi connectivity index (χ1v) is 7.55. The molecule has 1 aliphatic rings. The van der Waals surface area contributed by atoms with Gasteiger partial charge in [-0.3, -0.25) is 0 Å². The average molecular weight is 338 g/mol. The highest BCUT2D eigenvalue weighted by Gasteiger charge is 2.21. The van der Waals surface area contributed by atoms with E-state index in [2.05, 4.69) is 35.0 Å². The van der Waals surface area contributed by atoms with Crippen LogP contribution < -0.4 is 4.74 Å². The van der Waals surface area contributed by atoms with Gasteiger partial charge in [0, 0.05) is 10.9 Å². The molecule has 98 valence electrons. The van der Waals surface area contributed by atoms with Crippen molar-refractivity contribution in [1.29, 1.82) is 0 Å². The molecular weight excluding hydrogens is 324 g/mol. The largest absolute Gasteiger partial charge is 0.490 e. The van der Waals surface area contributed by atoms with E-state index < -0.39 is 0 Å². The Balaban J connectivity index is 1.90. The van der Waals surface area contributed by atoms with Gasteiger partial charge in [0.05, 0.1) is 5.38 Å². The van der Waals surface area contributed by atoms with Crippen LogP contribution in [0.4, 0.5) is 0 Å². The quantitative estimate of drug-likeness (QED) is 0.693. The van der Waals surface area contributed by atoms with Crippen molar-refractivity contribution >= 4 is 27.5 Å². The van der Waals surface area contributed by atoms with Crippen molar-refractivity contribution in [2.45, 2.75) is 24.8 Å². The highest BCUT2D eigenvalue weighted by Crippen LogP contribution is 2.35. The fraction of sp³-hybridized carbons (Fsp3) is 0.250. The maximum absolute atomic E-state index is 6.57. The van der Waals surface area contributed by atoms with Crippen LogP contribution in [-0.2, 0) is 6.42 Å². The summed E-state index contributed by atoms with van der Waals surface area (Å²) < 4.78 is 6.78. The zero-order chi connectivity index (χ0) is 13.4. The third-order valence-corrected chi connectivity index (χ3v) is 4.41. The lowest BCUT2D eigenvalue weighted by atomic mass is 10.0. The van der Waals surface area contributed by atoms with Gasteiger partial charge in [-0.15, -0.1) is 11.6 Å². The van der Waals surface area contributed by atoms with E-state index in [1.165, 1.54) is 5.56 Å². The van der Waals surface area contributed by atoms with Crippen LogP contribution in [0.15, 0.2) is 46.9 Å². The van der Waals surface area contributed by atoms with Crippen molar-refractivity contribution in [3.8, 4) is 5.75 Å². The Hall–Kier alpha value is -0.990. The van der Waals surface area contributed by atoms with E-state index in [-0.39, 0.29) is 11.5 Å². The second-order valence-electron chi connectivity index (χ2n) is 4.91. The summed E-state index contributed by atoms with van der Waals surface area (Å²) in [6.45, 7) is 2.09. The monoisotopic (exact) mass is 336 g/mol. The SMILES string of the molecule is CC1Cc2cc(C(Cl)c3ccc(Br)cc3)ccc2O1. The van der Waals surface area contributed by atoms with Crippen LogP contribution in [0.2, 0.25) is 0 Å². The Morgan fingerprint density at radius 2 is 1.84 bits per heavy atom. The van der Waals surface area contributed by atoms with Gasteiger partial charge in [-0.2, -0.15) is 0 Å². The number of benzene rings is 2. The molecule has 2 unspecified atom stereocenters. The molecule has 2 aromatic rings. The topological polar surface area (TPSA) is 9.23 Å². The molecule has 0 bridgehead atoms. The third kappa shape index (κ3) is 2.65. The molecule has 1 aliphatic heterocycles. The zero-order valence-electron chi connectivity index (χ0n) is 10.6. The van der Waals surface area contributed by atoms with Gasteiger partial charge in [0.1, 0.15) is 11.9 Å². The zero-order valence-corrected chi connectivity index (χ0v) is 12.9.